The van der Waals surface area contributed by atoms with Gasteiger partial charge in [-0.15, -0.1) is 0 Å². The number of para-hydroxylation sites is 1. The summed E-state index contributed by atoms with van der Waals surface area (Å²) in [5.74, 6) is 1.07. The number of halogens is 2. The number of fused-ring (bicyclic) bond motifs is 1. The van der Waals surface area contributed by atoms with Crippen molar-refractivity contribution in [1.29, 1.82) is 0 Å². The summed E-state index contributed by atoms with van der Waals surface area (Å²) in [6, 6.07) is 23.7. The van der Waals surface area contributed by atoms with E-state index in [4.69, 9.17) is 38.9 Å². The maximum Gasteiger partial charge on any atom is 0.240 e. The van der Waals surface area contributed by atoms with Gasteiger partial charge in [0.15, 0.2) is 0 Å². The van der Waals surface area contributed by atoms with Crippen molar-refractivity contribution in [2.75, 3.05) is 31.5 Å². The van der Waals surface area contributed by atoms with Gasteiger partial charge in [-0.1, -0.05) is 108 Å². The molecule has 0 bridgehead atoms. The number of carbonyl (C=O) groups is 1. The lowest BCUT2D eigenvalue weighted by atomic mass is 9.96. The van der Waals surface area contributed by atoms with Gasteiger partial charge in [-0.2, -0.15) is 0 Å². The number of carbonyl (C=O) groups excluding carboxylic acids is 1. The lowest BCUT2D eigenvalue weighted by Gasteiger charge is -2.39. The Bertz CT molecular complexity index is 1430. The maximum atomic E-state index is 12.3. The van der Waals surface area contributed by atoms with Gasteiger partial charge in [0.2, 0.25) is 5.91 Å². The standard InChI is InChI=1S/C32H36Cl2N6O.2C2H6/c1-3-21(2)29(31(35)41)38-32-26-6-4-5-7-27(26)36-28(37-32)20-39-16-18-40(19-17-39)30(22-8-12-24(33)13-9-22)23-10-14-25(34)15-11-23;2*1-2/h4-15,21,29-30H,3,16-20H2,1-2H3,(H2,35,41)(H,36,37,38);2*1-2H3. The molecule has 0 aliphatic carbocycles. The molecule has 3 N–H and O–H groups in total. The van der Waals surface area contributed by atoms with Gasteiger partial charge in [0.1, 0.15) is 17.7 Å². The van der Waals surface area contributed by atoms with E-state index >= 15 is 0 Å². The number of piperazine rings is 1. The lowest BCUT2D eigenvalue weighted by molar-refractivity contribution is -0.119. The van der Waals surface area contributed by atoms with E-state index in [2.05, 4.69) is 46.3 Å². The highest BCUT2D eigenvalue weighted by atomic mass is 35.5. The Kier molecular flexibility index (Phi) is 14.5. The van der Waals surface area contributed by atoms with Gasteiger partial charge in [-0.05, 0) is 53.4 Å². The number of anilines is 1. The van der Waals surface area contributed by atoms with Crippen LogP contribution in [0.3, 0.4) is 0 Å². The molecule has 7 nitrogen and oxygen atoms in total. The third kappa shape index (κ3) is 9.63. The third-order valence-electron chi connectivity index (χ3n) is 7.97. The Hall–Kier alpha value is -3.23. The van der Waals surface area contributed by atoms with E-state index in [1.165, 1.54) is 11.1 Å². The predicted octanol–water partition coefficient (Wildman–Crippen LogP) is 8.21. The second-order valence-corrected chi connectivity index (χ2v) is 11.6. The molecule has 4 aromatic rings. The molecule has 2 heterocycles. The zero-order valence-corrected chi connectivity index (χ0v) is 28.9. The Morgan fingerprint density at radius 1 is 0.844 bits per heavy atom. The summed E-state index contributed by atoms with van der Waals surface area (Å²) in [7, 11) is 0. The SMILES string of the molecule is CC.CC.CCC(C)C(Nc1nc(CN2CCN(C(c3ccc(Cl)cc3)c3ccc(Cl)cc3)CC2)nc2ccccc12)C(N)=O. The number of amides is 1. The van der Waals surface area contributed by atoms with E-state index in [0.29, 0.717) is 12.4 Å². The summed E-state index contributed by atoms with van der Waals surface area (Å²) in [6.45, 7) is 16.2. The lowest BCUT2D eigenvalue weighted by Crippen LogP contribution is -2.47. The zero-order valence-electron chi connectivity index (χ0n) is 27.4. The molecule has 5 rings (SSSR count). The summed E-state index contributed by atoms with van der Waals surface area (Å²) >= 11 is 12.4. The van der Waals surface area contributed by atoms with E-state index in [1.807, 2.05) is 83.1 Å². The quantitative estimate of drug-likeness (QED) is 0.180. The first-order chi connectivity index (χ1) is 21.8. The Morgan fingerprint density at radius 2 is 1.38 bits per heavy atom. The summed E-state index contributed by atoms with van der Waals surface area (Å²) in [5, 5.41) is 5.68. The summed E-state index contributed by atoms with van der Waals surface area (Å²) in [6.07, 6.45) is 0.827. The van der Waals surface area contributed by atoms with Gasteiger partial charge in [0.05, 0.1) is 18.1 Å². The molecule has 1 amide bonds. The molecule has 3 aromatic carbocycles. The number of nitrogens with two attached hydrogens (primary N) is 1. The number of rotatable bonds is 10. The average molecular weight is 652 g/mol. The van der Waals surface area contributed by atoms with Crippen LogP contribution in [0.25, 0.3) is 10.9 Å². The Morgan fingerprint density at radius 3 is 1.89 bits per heavy atom. The number of benzene rings is 3. The van der Waals surface area contributed by atoms with Crippen LogP contribution in [0.15, 0.2) is 72.8 Å². The van der Waals surface area contributed by atoms with Crippen molar-refractivity contribution in [2.45, 2.75) is 66.6 Å². The van der Waals surface area contributed by atoms with Crippen LogP contribution in [0.1, 0.15) is 71.0 Å². The fraction of sp³-hybridized carbons (Fsp3) is 0.417. The van der Waals surface area contributed by atoms with E-state index < -0.39 is 6.04 Å². The van der Waals surface area contributed by atoms with E-state index in [9.17, 15) is 4.79 Å². The Balaban J connectivity index is 0.00000133. The number of nitrogens with zero attached hydrogens (tertiary/aromatic N) is 4. The Labute approximate surface area is 279 Å². The second-order valence-electron chi connectivity index (χ2n) is 10.7. The molecular weight excluding hydrogens is 603 g/mol. The van der Waals surface area contributed by atoms with Crippen LogP contribution in [0.2, 0.25) is 10.0 Å². The van der Waals surface area contributed by atoms with Crippen LogP contribution in [0.4, 0.5) is 5.82 Å². The minimum absolute atomic E-state index is 0.0759. The highest BCUT2D eigenvalue weighted by molar-refractivity contribution is 6.30. The van der Waals surface area contributed by atoms with Crippen molar-refractivity contribution in [2.24, 2.45) is 11.7 Å². The van der Waals surface area contributed by atoms with Gasteiger partial charge in [0.25, 0.3) is 0 Å². The number of hydrogen-bond donors (Lipinski definition) is 2. The summed E-state index contributed by atoms with van der Waals surface area (Å²) in [5.41, 5.74) is 9.00. The van der Waals surface area contributed by atoms with E-state index in [-0.39, 0.29) is 17.9 Å². The molecule has 1 saturated heterocycles. The molecule has 1 aliphatic rings. The van der Waals surface area contributed by atoms with Crippen LogP contribution in [0.5, 0.6) is 0 Å². The van der Waals surface area contributed by atoms with Crippen molar-refractivity contribution in [3.8, 4) is 0 Å². The summed E-state index contributed by atoms with van der Waals surface area (Å²) < 4.78 is 0. The van der Waals surface area contributed by atoms with Crippen molar-refractivity contribution in [3.05, 3.63) is 99.8 Å². The van der Waals surface area contributed by atoms with Gasteiger partial charge in [-0.25, -0.2) is 9.97 Å². The van der Waals surface area contributed by atoms with Crippen LogP contribution in [-0.2, 0) is 11.3 Å². The largest absolute Gasteiger partial charge is 0.368 e. The molecule has 1 fully saturated rings. The predicted molar refractivity (Wildman–Crippen MR) is 190 cm³/mol. The molecule has 0 saturated carbocycles. The highest BCUT2D eigenvalue weighted by Gasteiger charge is 2.28. The maximum absolute atomic E-state index is 12.3. The number of primary amides is 1. The molecule has 2 atom stereocenters. The second kappa shape index (κ2) is 18.1. The van der Waals surface area contributed by atoms with Crippen LogP contribution < -0.4 is 11.1 Å². The molecule has 9 heteroatoms. The number of hydrogen-bond acceptors (Lipinski definition) is 6. The molecule has 1 aliphatic heterocycles. The van der Waals surface area contributed by atoms with Crippen molar-refractivity contribution in [1.82, 2.24) is 19.8 Å². The first-order valence-electron chi connectivity index (χ1n) is 16.1. The average Bonchev–Trinajstić information content (AvgIpc) is 3.07. The fourth-order valence-electron chi connectivity index (χ4n) is 5.47. The van der Waals surface area contributed by atoms with Crippen LogP contribution in [0, 0.1) is 5.92 Å². The summed E-state index contributed by atoms with van der Waals surface area (Å²) in [4.78, 5) is 26.9. The van der Waals surface area contributed by atoms with E-state index in [0.717, 1.165) is 59.4 Å². The normalized spacial score (nSPS) is 15.0. The highest BCUT2D eigenvalue weighted by Crippen LogP contribution is 2.32. The van der Waals surface area contributed by atoms with Crippen LogP contribution in [-0.4, -0.2) is 57.9 Å². The van der Waals surface area contributed by atoms with Gasteiger partial charge < -0.3 is 11.1 Å². The molecule has 242 valence electrons. The number of aromatic nitrogens is 2. The van der Waals surface area contributed by atoms with Crippen molar-refractivity contribution in [3.63, 3.8) is 0 Å². The number of nitrogens with one attached hydrogen (secondary N) is 1. The smallest absolute Gasteiger partial charge is 0.240 e. The van der Waals surface area contributed by atoms with Crippen molar-refractivity contribution >= 4 is 45.8 Å². The first-order valence-corrected chi connectivity index (χ1v) is 16.9. The molecule has 1 aromatic heterocycles. The van der Waals surface area contributed by atoms with Gasteiger partial charge >= 0.3 is 0 Å². The topological polar surface area (TPSA) is 87.4 Å². The third-order valence-corrected chi connectivity index (χ3v) is 8.47. The minimum atomic E-state index is -0.507. The fourth-order valence-corrected chi connectivity index (χ4v) is 5.72. The van der Waals surface area contributed by atoms with Crippen molar-refractivity contribution < 1.29 is 4.79 Å². The molecule has 45 heavy (non-hydrogen) atoms. The van der Waals surface area contributed by atoms with Gasteiger partial charge in [-0.3, -0.25) is 14.6 Å². The molecule has 2 unspecified atom stereocenters. The molecule has 0 spiro atoms. The molecule has 0 radical (unpaired) electrons. The minimum Gasteiger partial charge on any atom is -0.368 e. The van der Waals surface area contributed by atoms with E-state index in [1.54, 1.807) is 0 Å². The van der Waals surface area contributed by atoms with Gasteiger partial charge in [0, 0.05) is 41.6 Å². The molecular formula is C36H48Cl2N6O. The first kappa shape index (κ1) is 36.2. The zero-order chi connectivity index (χ0) is 32.9. The monoisotopic (exact) mass is 650 g/mol. The van der Waals surface area contributed by atoms with Crippen LogP contribution >= 0.6 is 23.2 Å².